The van der Waals surface area contributed by atoms with Gasteiger partial charge in [0.1, 0.15) is 5.75 Å². The lowest BCUT2D eigenvalue weighted by Crippen LogP contribution is -2.07. The van der Waals surface area contributed by atoms with Crippen LogP contribution in [0.2, 0.25) is 0 Å². The van der Waals surface area contributed by atoms with Crippen LogP contribution in [-0.2, 0) is 11.3 Å². The van der Waals surface area contributed by atoms with Gasteiger partial charge in [-0.1, -0.05) is 12.1 Å². The van der Waals surface area contributed by atoms with Gasteiger partial charge in [-0.25, -0.2) is 4.79 Å². The third-order valence-electron chi connectivity index (χ3n) is 2.45. The van der Waals surface area contributed by atoms with Gasteiger partial charge < -0.3 is 15.6 Å². The van der Waals surface area contributed by atoms with Crippen LogP contribution < -0.4 is 5.73 Å². The maximum Gasteiger partial charge on any atom is 0.360 e. The molecule has 94 valence electrons. The van der Waals surface area contributed by atoms with Crippen LogP contribution in [0.4, 0.5) is 5.69 Å². The van der Waals surface area contributed by atoms with Crippen LogP contribution in [0.5, 0.6) is 5.75 Å². The van der Waals surface area contributed by atoms with Crippen LogP contribution in [0.25, 0.3) is 0 Å². The number of phenolic OH excluding ortho intramolecular Hbond substituents is 1. The summed E-state index contributed by atoms with van der Waals surface area (Å²) in [5.41, 5.74) is 6.99. The number of nitrogens with two attached hydrogens (primary N) is 1. The highest BCUT2D eigenvalue weighted by Gasteiger charge is 2.14. The Morgan fingerprint density at radius 2 is 2.11 bits per heavy atom. The Bertz CT molecular complexity index is 560. The molecule has 3 N–H and O–H groups in total. The number of nitrogen functional groups attached to an aromatic ring is 1. The fourth-order valence-electron chi connectivity index (χ4n) is 1.56. The second-order valence-corrected chi connectivity index (χ2v) is 3.79. The molecule has 0 aliphatic rings. The van der Waals surface area contributed by atoms with Gasteiger partial charge in [0, 0.05) is 6.20 Å². The number of methoxy groups -OCH3 is 1. The molecule has 2 aromatic rings. The fourth-order valence-corrected chi connectivity index (χ4v) is 1.56. The average Bonchev–Trinajstić information content (AvgIpc) is 2.72. The second-order valence-electron chi connectivity index (χ2n) is 3.79. The van der Waals surface area contributed by atoms with E-state index in [9.17, 15) is 9.90 Å². The normalized spacial score (nSPS) is 10.3. The van der Waals surface area contributed by atoms with E-state index < -0.39 is 5.97 Å². The van der Waals surface area contributed by atoms with Crippen molar-refractivity contribution in [3.63, 3.8) is 0 Å². The van der Waals surface area contributed by atoms with E-state index >= 15 is 0 Å². The summed E-state index contributed by atoms with van der Waals surface area (Å²) in [7, 11) is 1.28. The van der Waals surface area contributed by atoms with E-state index in [1.165, 1.54) is 7.11 Å². The van der Waals surface area contributed by atoms with Gasteiger partial charge in [0.05, 0.1) is 19.3 Å². The number of aromatic nitrogens is 2. The van der Waals surface area contributed by atoms with E-state index in [2.05, 4.69) is 9.84 Å². The summed E-state index contributed by atoms with van der Waals surface area (Å²) in [4.78, 5) is 11.3. The molecule has 0 aliphatic heterocycles. The molecule has 6 nitrogen and oxygen atoms in total. The number of nitrogens with zero attached hydrogens (tertiary/aromatic N) is 2. The molecular weight excluding hydrogens is 234 g/mol. The first-order valence-corrected chi connectivity index (χ1v) is 5.29. The van der Waals surface area contributed by atoms with Gasteiger partial charge in [0.25, 0.3) is 0 Å². The van der Waals surface area contributed by atoms with E-state index in [0.717, 1.165) is 5.56 Å². The van der Waals surface area contributed by atoms with Gasteiger partial charge in [0.15, 0.2) is 5.69 Å². The minimum absolute atomic E-state index is 0.108. The topological polar surface area (TPSA) is 90.4 Å². The lowest BCUT2D eigenvalue weighted by Gasteiger charge is -2.01. The molecule has 0 amide bonds. The van der Waals surface area contributed by atoms with E-state index in [1.54, 1.807) is 35.1 Å². The van der Waals surface area contributed by atoms with Crippen molar-refractivity contribution >= 4 is 11.7 Å². The Kier molecular flexibility index (Phi) is 3.18. The Balaban J connectivity index is 2.20. The largest absolute Gasteiger partial charge is 0.508 e. The van der Waals surface area contributed by atoms with Crippen molar-refractivity contribution in [2.24, 2.45) is 0 Å². The number of ether oxygens (including phenoxy) is 1. The Labute approximate surface area is 104 Å². The van der Waals surface area contributed by atoms with Crippen molar-refractivity contribution < 1.29 is 14.6 Å². The van der Waals surface area contributed by atoms with Gasteiger partial charge in [-0.2, -0.15) is 5.10 Å². The first-order valence-electron chi connectivity index (χ1n) is 5.29. The average molecular weight is 247 g/mol. The molecule has 0 spiro atoms. The molecule has 0 saturated carbocycles. The highest BCUT2D eigenvalue weighted by molar-refractivity contribution is 5.92. The van der Waals surface area contributed by atoms with Crippen molar-refractivity contribution in [1.29, 1.82) is 0 Å². The summed E-state index contributed by atoms with van der Waals surface area (Å²) in [6, 6.07) is 6.71. The molecule has 18 heavy (non-hydrogen) atoms. The molecule has 1 aromatic heterocycles. The number of aromatic hydroxyl groups is 1. The molecule has 2 rings (SSSR count). The van der Waals surface area contributed by atoms with E-state index in [4.69, 9.17) is 5.73 Å². The zero-order valence-corrected chi connectivity index (χ0v) is 9.83. The van der Waals surface area contributed by atoms with Gasteiger partial charge in [-0.05, 0) is 17.7 Å². The highest BCUT2D eigenvalue weighted by atomic mass is 16.5. The van der Waals surface area contributed by atoms with Crippen LogP contribution >= 0.6 is 0 Å². The van der Waals surface area contributed by atoms with Crippen molar-refractivity contribution in [3.05, 3.63) is 41.7 Å². The molecule has 0 atom stereocenters. The quantitative estimate of drug-likeness (QED) is 0.790. The second kappa shape index (κ2) is 4.79. The first-order chi connectivity index (χ1) is 8.60. The number of anilines is 1. The Morgan fingerprint density at radius 1 is 1.44 bits per heavy atom. The minimum atomic E-state index is -0.558. The molecule has 0 saturated heterocycles. The summed E-state index contributed by atoms with van der Waals surface area (Å²) < 4.78 is 6.12. The predicted octanol–water partition coefficient (Wildman–Crippen LogP) is 1.01. The monoisotopic (exact) mass is 247 g/mol. The van der Waals surface area contributed by atoms with Crippen molar-refractivity contribution in [1.82, 2.24) is 9.78 Å². The van der Waals surface area contributed by atoms with E-state index in [-0.39, 0.29) is 17.1 Å². The Morgan fingerprint density at radius 3 is 2.72 bits per heavy atom. The number of hydrogen-bond acceptors (Lipinski definition) is 5. The molecule has 0 bridgehead atoms. The zero-order chi connectivity index (χ0) is 13.1. The third-order valence-corrected chi connectivity index (χ3v) is 2.45. The summed E-state index contributed by atoms with van der Waals surface area (Å²) in [5, 5.41) is 13.2. The first kappa shape index (κ1) is 12.0. The van der Waals surface area contributed by atoms with Crippen molar-refractivity contribution in [2.45, 2.75) is 6.54 Å². The van der Waals surface area contributed by atoms with Crippen LogP contribution in [0.1, 0.15) is 16.1 Å². The molecule has 6 heteroatoms. The molecule has 0 unspecified atom stereocenters. The number of benzene rings is 1. The Hall–Kier alpha value is -2.50. The molecule has 1 heterocycles. The molecule has 1 aromatic carbocycles. The SMILES string of the molecule is COC(=O)c1nn(Cc2ccc(O)cc2)cc1N. The number of carbonyl (C=O) groups excluding carboxylic acids is 1. The van der Waals surface area contributed by atoms with Crippen LogP contribution in [-0.4, -0.2) is 28.0 Å². The number of hydrogen-bond donors (Lipinski definition) is 2. The van der Waals surface area contributed by atoms with Gasteiger partial charge in [-0.15, -0.1) is 0 Å². The van der Waals surface area contributed by atoms with Gasteiger partial charge >= 0.3 is 5.97 Å². The highest BCUT2D eigenvalue weighted by Crippen LogP contribution is 2.14. The lowest BCUT2D eigenvalue weighted by molar-refractivity contribution is 0.0594. The molecular formula is C12H13N3O3. The maximum absolute atomic E-state index is 11.3. The molecule has 0 fully saturated rings. The van der Waals surface area contributed by atoms with Crippen LogP contribution in [0.15, 0.2) is 30.5 Å². The van der Waals surface area contributed by atoms with Crippen molar-refractivity contribution in [2.75, 3.05) is 12.8 Å². The number of rotatable bonds is 3. The molecule has 0 aliphatic carbocycles. The van der Waals surface area contributed by atoms with Crippen LogP contribution in [0.3, 0.4) is 0 Å². The summed E-state index contributed by atoms with van der Waals surface area (Å²) in [6.45, 7) is 0.460. The van der Waals surface area contributed by atoms with Gasteiger partial charge in [0.2, 0.25) is 0 Å². The van der Waals surface area contributed by atoms with Crippen molar-refractivity contribution in [3.8, 4) is 5.75 Å². The summed E-state index contributed by atoms with van der Waals surface area (Å²) in [5.74, 6) is -0.356. The predicted molar refractivity (Wildman–Crippen MR) is 65.2 cm³/mol. The lowest BCUT2D eigenvalue weighted by atomic mass is 10.2. The summed E-state index contributed by atoms with van der Waals surface area (Å²) >= 11 is 0. The number of phenols is 1. The van der Waals surface area contributed by atoms with E-state index in [1.807, 2.05) is 0 Å². The molecule has 0 radical (unpaired) electrons. The number of carbonyl (C=O) groups is 1. The smallest absolute Gasteiger partial charge is 0.360 e. The van der Waals surface area contributed by atoms with Crippen LogP contribution in [0, 0.1) is 0 Å². The summed E-state index contributed by atoms with van der Waals surface area (Å²) in [6.07, 6.45) is 1.57. The maximum atomic E-state index is 11.3. The number of esters is 1. The third kappa shape index (κ3) is 2.42. The van der Waals surface area contributed by atoms with Gasteiger partial charge in [-0.3, -0.25) is 4.68 Å². The standard InChI is InChI=1S/C12H13N3O3/c1-18-12(17)11-10(13)7-15(14-11)6-8-2-4-9(16)5-3-8/h2-5,7,16H,6,13H2,1H3. The zero-order valence-electron chi connectivity index (χ0n) is 9.83. The fraction of sp³-hybridized carbons (Fsp3) is 0.167. The minimum Gasteiger partial charge on any atom is -0.508 e. The van der Waals surface area contributed by atoms with E-state index in [0.29, 0.717) is 6.54 Å².